The minimum absolute atomic E-state index is 0.102. The first kappa shape index (κ1) is 16.7. The Balaban J connectivity index is 1.54. The summed E-state index contributed by atoms with van der Waals surface area (Å²) in [4.78, 5) is 27.7. The van der Waals surface area contributed by atoms with Crippen molar-refractivity contribution in [3.05, 3.63) is 42.2 Å². The fraction of sp³-hybridized carbons (Fsp3) is 0.444. The van der Waals surface area contributed by atoms with Crippen molar-refractivity contribution in [1.29, 1.82) is 0 Å². The van der Waals surface area contributed by atoms with Crippen molar-refractivity contribution in [2.45, 2.75) is 32.0 Å². The minimum Gasteiger partial charge on any atom is -0.459 e. The quantitative estimate of drug-likeness (QED) is 0.634. The molecule has 1 unspecified atom stereocenters. The molecule has 2 amide bonds. The Labute approximate surface area is 141 Å². The third-order valence-electron chi connectivity index (χ3n) is 4.31. The van der Waals surface area contributed by atoms with E-state index < -0.39 is 18.1 Å². The number of hydrogen-bond acceptors (Lipinski definition) is 5. The summed E-state index contributed by atoms with van der Waals surface area (Å²) >= 11 is 0. The molecule has 3 rings (SSSR count). The number of para-hydroxylation sites is 1. The summed E-state index contributed by atoms with van der Waals surface area (Å²) in [5, 5.41) is 10.0. The predicted molar refractivity (Wildman–Crippen MR) is 89.0 cm³/mol. The highest BCUT2D eigenvalue weighted by Gasteiger charge is 2.34. The highest BCUT2D eigenvalue weighted by molar-refractivity contribution is 6.29. The second kappa shape index (κ2) is 7.59. The molecule has 2 aliphatic rings. The van der Waals surface area contributed by atoms with Gasteiger partial charge in [-0.2, -0.15) is 0 Å². The van der Waals surface area contributed by atoms with Crippen LogP contribution in [0.3, 0.4) is 0 Å². The van der Waals surface area contributed by atoms with Gasteiger partial charge in [0.1, 0.15) is 0 Å². The second-order valence-corrected chi connectivity index (χ2v) is 6.09. The van der Waals surface area contributed by atoms with Gasteiger partial charge in [0, 0.05) is 13.0 Å². The SMILES string of the molecule is O=C1C=C(OC(O)CCN2CCCCC2)C(=O)N1c1ccccc1. The zero-order valence-corrected chi connectivity index (χ0v) is 13.6. The van der Waals surface area contributed by atoms with Gasteiger partial charge in [0.15, 0.2) is 12.0 Å². The van der Waals surface area contributed by atoms with Crippen LogP contribution in [-0.2, 0) is 14.3 Å². The molecule has 24 heavy (non-hydrogen) atoms. The minimum atomic E-state index is -1.09. The number of carbonyl (C=O) groups excluding carboxylic acids is 2. The maximum atomic E-state index is 12.3. The van der Waals surface area contributed by atoms with Gasteiger partial charge in [-0.1, -0.05) is 24.6 Å². The monoisotopic (exact) mass is 330 g/mol. The standard InChI is InChI=1S/C18H22N2O4/c21-16-13-15(18(23)20(16)14-7-3-1-4-8-14)24-17(22)9-12-19-10-5-2-6-11-19/h1,3-4,7-8,13,17,22H,2,5-6,9-12H2. The molecule has 1 atom stereocenters. The Bertz CT molecular complexity index is 623. The number of ether oxygens (including phenoxy) is 1. The molecule has 1 N–H and O–H groups in total. The Morgan fingerprint density at radius 2 is 1.79 bits per heavy atom. The molecule has 6 heteroatoms. The predicted octanol–water partition coefficient (Wildman–Crippen LogP) is 1.65. The van der Waals surface area contributed by atoms with E-state index in [9.17, 15) is 14.7 Å². The van der Waals surface area contributed by atoms with E-state index in [2.05, 4.69) is 4.90 Å². The van der Waals surface area contributed by atoms with Crippen LogP contribution < -0.4 is 4.90 Å². The summed E-state index contributed by atoms with van der Waals surface area (Å²) in [6, 6.07) is 8.67. The van der Waals surface area contributed by atoms with Gasteiger partial charge in [-0.05, 0) is 38.1 Å². The summed E-state index contributed by atoms with van der Waals surface area (Å²) in [5.74, 6) is -1.09. The van der Waals surface area contributed by atoms with Crippen molar-refractivity contribution in [2.75, 3.05) is 24.5 Å². The lowest BCUT2D eigenvalue weighted by atomic mass is 10.1. The number of aliphatic hydroxyl groups is 1. The van der Waals surface area contributed by atoms with E-state index in [4.69, 9.17) is 4.74 Å². The Kier molecular flexibility index (Phi) is 5.27. The maximum absolute atomic E-state index is 12.3. The number of hydrogen-bond donors (Lipinski definition) is 1. The van der Waals surface area contributed by atoms with Gasteiger partial charge in [-0.25, -0.2) is 4.90 Å². The van der Waals surface area contributed by atoms with E-state index in [0.717, 1.165) is 30.6 Å². The first-order valence-electron chi connectivity index (χ1n) is 8.37. The first-order valence-corrected chi connectivity index (χ1v) is 8.37. The molecule has 0 aromatic heterocycles. The third-order valence-corrected chi connectivity index (χ3v) is 4.31. The van der Waals surface area contributed by atoms with Gasteiger partial charge in [-0.15, -0.1) is 0 Å². The molecule has 0 aliphatic carbocycles. The van der Waals surface area contributed by atoms with Gasteiger partial charge >= 0.3 is 5.91 Å². The molecule has 0 radical (unpaired) electrons. The van der Waals surface area contributed by atoms with Crippen LogP contribution in [0.4, 0.5) is 5.69 Å². The number of likely N-dealkylation sites (tertiary alicyclic amines) is 1. The normalized spacial score (nSPS) is 20.2. The topological polar surface area (TPSA) is 70.1 Å². The lowest BCUT2D eigenvalue weighted by molar-refractivity contribution is -0.127. The van der Waals surface area contributed by atoms with Crippen molar-refractivity contribution in [3.8, 4) is 0 Å². The number of benzene rings is 1. The van der Waals surface area contributed by atoms with Crippen LogP contribution in [0, 0.1) is 0 Å². The summed E-state index contributed by atoms with van der Waals surface area (Å²) in [6.45, 7) is 2.79. The van der Waals surface area contributed by atoms with Crippen LogP contribution in [0.2, 0.25) is 0 Å². The van der Waals surface area contributed by atoms with E-state index in [0.29, 0.717) is 12.1 Å². The van der Waals surface area contributed by atoms with Gasteiger partial charge in [-0.3, -0.25) is 9.59 Å². The Morgan fingerprint density at radius 1 is 1.08 bits per heavy atom. The number of piperidine rings is 1. The lowest BCUT2D eigenvalue weighted by Gasteiger charge is -2.27. The molecule has 2 aliphatic heterocycles. The summed E-state index contributed by atoms with van der Waals surface area (Å²) < 4.78 is 5.31. The van der Waals surface area contributed by atoms with Crippen molar-refractivity contribution < 1.29 is 19.4 Å². The van der Waals surface area contributed by atoms with E-state index in [-0.39, 0.29) is 5.76 Å². The fourth-order valence-corrected chi connectivity index (χ4v) is 3.04. The number of nitrogens with zero attached hydrogens (tertiary/aromatic N) is 2. The largest absolute Gasteiger partial charge is 0.459 e. The fourth-order valence-electron chi connectivity index (χ4n) is 3.04. The zero-order chi connectivity index (χ0) is 16.9. The number of amides is 2. The average Bonchev–Trinajstić information content (AvgIpc) is 2.88. The smallest absolute Gasteiger partial charge is 0.300 e. The molecule has 0 spiro atoms. The van der Waals surface area contributed by atoms with E-state index in [1.807, 2.05) is 6.07 Å². The number of anilines is 1. The number of carbonyl (C=O) groups is 2. The zero-order valence-electron chi connectivity index (χ0n) is 13.6. The van der Waals surface area contributed by atoms with Crippen molar-refractivity contribution >= 4 is 17.5 Å². The molecular formula is C18H22N2O4. The third kappa shape index (κ3) is 3.83. The van der Waals surface area contributed by atoms with Crippen LogP contribution in [0.15, 0.2) is 42.2 Å². The van der Waals surface area contributed by atoms with Gasteiger partial charge in [0.25, 0.3) is 5.91 Å². The van der Waals surface area contributed by atoms with Gasteiger partial charge in [0.05, 0.1) is 11.8 Å². The molecule has 128 valence electrons. The average molecular weight is 330 g/mol. The number of rotatable bonds is 6. The highest BCUT2D eigenvalue weighted by atomic mass is 16.6. The Morgan fingerprint density at radius 3 is 2.50 bits per heavy atom. The van der Waals surface area contributed by atoms with Crippen LogP contribution in [0.5, 0.6) is 0 Å². The molecule has 6 nitrogen and oxygen atoms in total. The lowest BCUT2D eigenvalue weighted by Crippen LogP contribution is -2.34. The molecule has 1 aromatic rings. The second-order valence-electron chi connectivity index (χ2n) is 6.09. The van der Waals surface area contributed by atoms with Crippen molar-refractivity contribution in [1.82, 2.24) is 4.90 Å². The molecule has 1 fully saturated rings. The number of imide groups is 1. The Hall–Kier alpha value is -2.18. The van der Waals surface area contributed by atoms with Crippen LogP contribution >= 0.6 is 0 Å². The summed E-state index contributed by atoms with van der Waals surface area (Å²) in [7, 11) is 0. The molecule has 2 heterocycles. The first-order chi connectivity index (χ1) is 11.6. The van der Waals surface area contributed by atoms with Crippen LogP contribution in [0.25, 0.3) is 0 Å². The van der Waals surface area contributed by atoms with Crippen molar-refractivity contribution in [3.63, 3.8) is 0 Å². The molecule has 0 saturated carbocycles. The molecule has 1 saturated heterocycles. The van der Waals surface area contributed by atoms with E-state index in [1.165, 1.54) is 19.3 Å². The van der Waals surface area contributed by atoms with Crippen LogP contribution in [-0.4, -0.2) is 47.7 Å². The molecule has 0 bridgehead atoms. The van der Waals surface area contributed by atoms with E-state index >= 15 is 0 Å². The van der Waals surface area contributed by atoms with E-state index in [1.54, 1.807) is 24.3 Å². The van der Waals surface area contributed by atoms with Gasteiger partial charge < -0.3 is 14.7 Å². The molecular weight excluding hydrogens is 308 g/mol. The van der Waals surface area contributed by atoms with Gasteiger partial charge in [0.2, 0.25) is 0 Å². The maximum Gasteiger partial charge on any atom is 0.300 e. The van der Waals surface area contributed by atoms with Crippen molar-refractivity contribution in [2.24, 2.45) is 0 Å². The highest BCUT2D eigenvalue weighted by Crippen LogP contribution is 2.23. The number of aliphatic hydroxyl groups excluding tert-OH is 1. The van der Waals surface area contributed by atoms with Crippen LogP contribution in [0.1, 0.15) is 25.7 Å². The summed E-state index contributed by atoms with van der Waals surface area (Å²) in [6.07, 6.45) is 4.07. The molecule has 1 aromatic carbocycles. The summed E-state index contributed by atoms with van der Waals surface area (Å²) in [5.41, 5.74) is 0.491.